The van der Waals surface area contributed by atoms with Crippen molar-refractivity contribution >= 4 is 11.0 Å². The van der Waals surface area contributed by atoms with Crippen molar-refractivity contribution in [1.29, 1.82) is 0 Å². The van der Waals surface area contributed by atoms with E-state index in [1.807, 2.05) is 13.0 Å². The Hall–Kier alpha value is -1.97. The minimum atomic E-state index is -0.224. The lowest BCUT2D eigenvalue weighted by atomic mass is 10.0. The predicted molar refractivity (Wildman–Crippen MR) is 72.4 cm³/mol. The summed E-state index contributed by atoms with van der Waals surface area (Å²) < 4.78 is 16.3. The lowest BCUT2D eigenvalue weighted by Gasteiger charge is -2.13. The van der Waals surface area contributed by atoms with Crippen LogP contribution in [0.15, 0.2) is 15.3 Å². The van der Waals surface area contributed by atoms with E-state index < -0.39 is 0 Å². The van der Waals surface area contributed by atoms with Crippen LogP contribution in [0.3, 0.4) is 0 Å². The molecular weight excluding hydrogens is 244 g/mol. The topological polar surface area (TPSA) is 48.7 Å². The molecule has 4 heteroatoms. The van der Waals surface area contributed by atoms with Gasteiger partial charge in [0.25, 0.3) is 0 Å². The average Bonchev–Trinajstić information content (AvgIpc) is 2.90. The van der Waals surface area contributed by atoms with Crippen LogP contribution in [0.25, 0.3) is 11.0 Å². The van der Waals surface area contributed by atoms with Gasteiger partial charge in [-0.2, -0.15) is 0 Å². The molecule has 0 fully saturated rings. The molecule has 0 saturated heterocycles. The number of hydrogen-bond donors (Lipinski definition) is 0. The molecule has 1 aliphatic carbocycles. The summed E-state index contributed by atoms with van der Waals surface area (Å²) in [6.45, 7) is 1.89. The van der Waals surface area contributed by atoms with Gasteiger partial charge in [0, 0.05) is 17.2 Å². The molecule has 0 aliphatic heterocycles. The first-order valence-electron chi connectivity index (χ1n) is 6.37. The molecule has 0 unspecified atom stereocenters. The average molecular weight is 260 g/mol. The van der Waals surface area contributed by atoms with Crippen molar-refractivity contribution in [1.82, 2.24) is 0 Å². The van der Waals surface area contributed by atoms with Crippen LogP contribution < -0.4 is 15.1 Å². The molecule has 0 atom stereocenters. The number of benzene rings is 1. The number of ether oxygens (including phenoxy) is 2. The molecule has 19 heavy (non-hydrogen) atoms. The second-order valence-corrected chi connectivity index (χ2v) is 4.81. The molecule has 1 aliphatic rings. The first-order chi connectivity index (χ1) is 9.17. The summed E-state index contributed by atoms with van der Waals surface area (Å²) in [4.78, 5) is 12.0. The lowest BCUT2D eigenvalue weighted by molar-refractivity contribution is 0.393. The van der Waals surface area contributed by atoms with E-state index in [4.69, 9.17) is 13.9 Å². The maximum atomic E-state index is 12.0. The van der Waals surface area contributed by atoms with Crippen LogP contribution in [-0.4, -0.2) is 14.2 Å². The monoisotopic (exact) mass is 260 g/mol. The fraction of sp³-hybridized carbons (Fsp3) is 0.400. The number of methoxy groups -OCH3 is 2. The zero-order valence-corrected chi connectivity index (χ0v) is 11.3. The normalized spacial score (nSPS) is 13.6. The summed E-state index contributed by atoms with van der Waals surface area (Å²) in [6.07, 6.45) is 2.69. The quantitative estimate of drug-likeness (QED) is 0.779. The predicted octanol–water partition coefficient (Wildman–Crippen LogP) is 2.61. The summed E-state index contributed by atoms with van der Waals surface area (Å²) in [7, 11) is 3.22. The Labute approximate surface area is 110 Å². The summed E-state index contributed by atoms with van der Waals surface area (Å²) >= 11 is 0. The van der Waals surface area contributed by atoms with Crippen molar-refractivity contribution in [2.45, 2.75) is 26.2 Å². The van der Waals surface area contributed by atoms with Crippen LogP contribution in [0.1, 0.15) is 23.1 Å². The van der Waals surface area contributed by atoms with Gasteiger partial charge in [-0.05, 0) is 31.7 Å². The summed E-state index contributed by atoms with van der Waals surface area (Å²) in [6, 6.07) is 1.86. The minimum Gasteiger partial charge on any atom is -0.496 e. The van der Waals surface area contributed by atoms with Gasteiger partial charge in [-0.15, -0.1) is 0 Å². The summed E-state index contributed by atoms with van der Waals surface area (Å²) in [5.41, 5.74) is 3.08. The largest absolute Gasteiger partial charge is 0.496 e. The van der Waals surface area contributed by atoms with E-state index in [0.717, 1.165) is 41.3 Å². The van der Waals surface area contributed by atoms with Crippen molar-refractivity contribution in [2.75, 3.05) is 14.2 Å². The van der Waals surface area contributed by atoms with Crippen molar-refractivity contribution in [3.05, 3.63) is 33.2 Å². The van der Waals surface area contributed by atoms with Crippen molar-refractivity contribution in [2.24, 2.45) is 0 Å². The standard InChI is InChI=1S/C15H16O4/c1-8-11(17-2)7-12(18-3)13-9-5-4-6-10(9)15(16)19-14(8)13/h7H,4-6H2,1-3H3. The Morgan fingerprint density at radius 2 is 1.79 bits per heavy atom. The fourth-order valence-electron chi connectivity index (χ4n) is 2.90. The Kier molecular flexibility index (Phi) is 2.73. The molecular formula is C15H16O4. The highest BCUT2D eigenvalue weighted by Crippen LogP contribution is 2.39. The molecule has 100 valence electrons. The van der Waals surface area contributed by atoms with Gasteiger partial charge >= 0.3 is 5.63 Å². The summed E-state index contributed by atoms with van der Waals surface area (Å²) in [5, 5.41) is 0.924. The van der Waals surface area contributed by atoms with Crippen LogP contribution in [-0.2, 0) is 12.8 Å². The maximum Gasteiger partial charge on any atom is 0.339 e. The van der Waals surface area contributed by atoms with Gasteiger partial charge in [-0.3, -0.25) is 0 Å². The van der Waals surface area contributed by atoms with E-state index in [2.05, 4.69) is 0 Å². The van der Waals surface area contributed by atoms with Crippen molar-refractivity contribution in [3.63, 3.8) is 0 Å². The second kappa shape index (κ2) is 4.30. The first kappa shape index (κ1) is 12.1. The fourth-order valence-corrected chi connectivity index (χ4v) is 2.90. The highest BCUT2D eigenvalue weighted by atomic mass is 16.5. The van der Waals surface area contributed by atoms with E-state index in [0.29, 0.717) is 17.1 Å². The molecule has 2 aromatic rings. The number of rotatable bonds is 2. The molecule has 1 aromatic carbocycles. The SMILES string of the molecule is COc1cc(OC)c2c3c(c(=O)oc2c1C)CCC3. The van der Waals surface area contributed by atoms with Crippen LogP contribution in [0, 0.1) is 6.92 Å². The van der Waals surface area contributed by atoms with Crippen LogP contribution >= 0.6 is 0 Å². The minimum absolute atomic E-state index is 0.224. The van der Waals surface area contributed by atoms with Crippen LogP contribution in [0.2, 0.25) is 0 Å². The molecule has 1 aromatic heterocycles. The van der Waals surface area contributed by atoms with E-state index in [-0.39, 0.29) is 5.63 Å². The zero-order chi connectivity index (χ0) is 13.6. The third-order valence-electron chi connectivity index (χ3n) is 3.85. The Morgan fingerprint density at radius 1 is 1.11 bits per heavy atom. The molecule has 0 radical (unpaired) electrons. The Balaban J connectivity index is 2.50. The van der Waals surface area contributed by atoms with E-state index in [1.54, 1.807) is 14.2 Å². The molecule has 3 rings (SSSR count). The smallest absolute Gasteiger partial charge is 0.339 e. The summed E-state index contributed by atoms with van der Waals surface area (Å²) in [5.74, 6) is 1.38. The number of hydrogen-bond acceptors (Lipinski definition) is 4. The molecule has 1 heterocycles. The molecule has 0 bridgehead atoms. The molecule has 0 N–H and O–H groups in total. The van der Waals surface area contributed by atoms with Gasteiger partial charge in [0.15, 0.2) is 0 Å². The van der Waals surface area contributed by atoms with Crippen LogP contribution in [0.5, 0.6) is 11.5 Å². The van der Waals surface area contributed by atoms with Gasteiger partial charge in [0.05, 0.1) is 19.6 Å². The Morgan fingerprint density at radius 3 is 2.47 bits per heavy atom. The van der Waals surface area contributed by atoms with E-state index in [9.17, 15) is 4.79 Å². The highest BCUT2D eigenvalue weighted by molar-refractivity contribution is 5.92. The molecule has 0 amide bonds. The lowest BCUT2D eigenvalue weighted by Crippen LogP contribution is -2.08. The Bertz CT molecular complexity index is 712. The second-order valence-electron chi connectivity index (χ2n) is 4.81. The molecule has 0 saturated carbocycles. The van der Waals surface area contributed by atoms with Gasteiger partial charge in [-0.25, -0.2) is 4.79 Å². The van der Waals surface area contributed by atoms with Crippen molar-refractivity contribution in [3.8, 4) is 11.5 Å². The highest BCUT2D eigenvalue weighted by Gasteiger charge is 2.24. The molecule has 0 spiro atoms. The molecule has 4 nitrogen and oxygen atoms in total. The van der Waals surface area contributed by atoms with Gasteiger partial charge in [0.1, 0.15) is 17.1 Å². The zero-order valence-electron chi connectivity index (χ0n) is 11.3. The third-order valence-corrected chi connectivity index (χ3v) is 3.85. The number of aryl methyl sites for hydroxylation is 2. The van der Waals surface area contributed by atoms with Gasteiger partial charge < -0.3 is 13.9 Å². The van der Waals surface area contributed by atoms with Gasteiger partial charge in [-0.1, -0.05) is 0 Å². The van der Waals surface area contributed by atoms with E-state index in [1.165, 1.54) is 0 Å². The number of fused-ring (bicyclic) bond motifs is 3. The maximum absolute atomic E-state index is 12.0. The van der Waals surface area contributed by atoms with E-state index >= 15 is 0 Å². The van der Waals surface area contributed by atoms with Crippen molar-refractivity contribution < 1.29 is 13.9 Å². The first-order valence-corrected chi connectivity index (χ1v) is 6.37. The third kappa shape index (κ3) is 1.63. The van der Waals surface area contributed by atoms with Crippen LogP contribution in [0.4, 0.5) is 0 Å². The van der Waals surface area contributed by atoms with Gasteiger partial charge in [0.2, 0.25) is 0 Å².